The van der Waals surface area contributed by atoms with Gasteiger partial charge in [0.25, 0.3) is 5.84 Å². The Kier molecular flexibility index (Phi) is 3.76. The number of para-hydroxylation sites is 1. The van der Waals surface area contributed by atoms with Crippen molar-refractivity contribution in [2.45, 2.75) is 13.1 Å². The molecular weight excluding hydrogens is 285 g/mol. The lowest BCUT2D eigenvalue weighted by Gasteiger charge is -2.22. The third kappa shape index (κ3) is 2.91. The topological polar surface area (TPSA) is 32.5 Å². The Morgan fingerprint density at radius 3 is 2.43 bits per heavy atom. The second-order valence-electron chi connectivity index (χ2n) is 4.64. The maximum absolute atomic E-state index is 12.5. The van der Waals surface area contributed by atoms with Crippen molar-refractivity contribution in [2.75, 3.05) is 14.1 Å². The van der Waals surface area contributed by atoms with Crippen LogP contribution < -0.4 is 4.74 Å². The number of alkyl halides is 3. The number of hydrogen-bond acceptors (Lipinski definition) is 2. The monoisotopic (exact) mass is 299 g/mol. The summed E-state index contributed by atoms with van der Waals surface area (Å²) in [6.07, 6.45) is -4.28. The van der Waals surface area contributed by atoms with E-state index in [9.17, 15) is 18.0 Å². The number of amidine groups is 1. The molecule has 2 rings (SSSR count). The maximum Gasteiger partial charge on any atom is 0.512 e. The third-order valence-corrected chi connectivity index (χ3v) is 3.17. The number of nitrogens with zero attached hydrogens (tertiary/aromatic N) is 2. The van der Waals surface area contributed by atoms with E-state index >= 15 is 0 Å². The minimum atomic E-state index is -4.43. The van der Waals surface area contributed by atoms with Crippen LogP contribution in [0.4, 0.5) is 18.0 Å². The van der Waals surface area contributed by atoms with Crippen LogP contribution in [0.25, 0.3) is 0 Å². The highest BCUT2D eigenvalue weighted by Crippen LogP contribution is 2.30. The summed E-state index contributed by atoms with van der Waals surface area (Å²) >= 11 is 0. The standard InChI is InChI=1S/C14H14F3N2O2/c1-9-6-4-5-7-10(9)21-13(20)19(3)12-8-11(18(12)2)14(15,16)17/h4-8H,1-3H3/q+1. The fraction of sp³-hybridized carbons (Fsp3) is 0.286. The molecule has 0 fully saturated rings. The van der Waals surface area contributed by atoms with E-state index in [-0.39, 0.29) is 5.84 Å². The molecule has 0 aromatic heterocycles. The molecule has 21 heavy (non-hydrogen) atoms. The van der Waals surface area contributed by atoms with E-state index in [0.29, 0.717) is 5.75 Å². The average Bonchev–Trinajstić information content (AvgIpc) is 2.37. The predicted octanol–water partition coefficient (Wildman–Crippen LogP) is 2.93. The SMILES string of the molecule is Cc1ccccc1OC(=O)N(C)C1=[N+](C)C(C(F)(F)F)=C1. The molecule has 1 aliphatic rings. The number of halogens is 3. The molecule has 0 atom stereocenters. The molecule has 0 saturated heterocycles. The number of ether oxygens (including phenoxy) is 1. The number of aryl methyl sites for hydroxylation is 1. The molecule has 0 radical (unpaired) electrons. The van der Waals surface area contributed by atoms with Crippen molar-refractivity contribution in [3.8, 4) is 5.75 Å². The molecule has 0 unspecified atom stereocenters. The van der Waals surface area contributed by atoms with E-state index < -0.39 is 18.0 Å². The molecule has 1 heterocycles. The highest BCUT2D eigenvalue weighted by Gasteiger charge is 2.47. The lowest BCUT2D eigenvalue weighted by Crippen LogP contribution is -2.46. The number of likely N-dealkylation sites (N-methyl/N-ethyl adjacent to an activating group) is 1. The first-order valence-corrected chi connectivity index (χ1v) is 6.12. The first kappa shape index (κ1) is 15.1. The smallest absolute Gasteiger partial charge is 0.392 e. The summed E-state index contributed by atoms with van der Waals surface area (Å²) in [4.78, 5) is 13.0. The Morgan fingerprint density at radius 1 is 1.29 bits per heavy atom. The Morgan fingerprint density at radius 2 is 1.90 bits per heavy atom. The number of benzene rings is 1. The summed E-state index contributed by atoms with van der Waals surface area (Å²) in [5.74, 6) is 0.498. The average molecular weight is 299 g/mol. The van der Waals surface area contributed by atoms with Crippen molar-refractivity contribution in [2.24, 2.45) is 0 Å². The molecule has 4 nitrogen and oxygen atoms in total. The summed E-state index contributed by atoms with van der Waals surface area (Å²) in [5, 5.41) is 0. The van der Waals surface area contributed by atoms with Crippen molar-refractivity contribution in [1.82, 2.24) is 4.90 Å². The van der Waals surface area contributed by atoms with E-state index in [1.807, 2.05) is 0 Å². The fourth-order valence-electron chi connectivity index (χ4n) is 1.89. The number of carbonyl (C=O) groups excluding carboxylic acids is 1. The first-order chi connectivity index (χ1) is 9.71. The van der Waals surface area contributed by atoms with Crippen LogP contribution in [-0.4, -0.2) is 41.7 Å². The molecule has 0 aliphatic carbocycles. The minimum Gasteiger partial charge on any atom is -0.392 e. The first-order valence-electron chi connectivity index (χ1n) is 6.12. The van der Waals surface area contributed by atoms with Gasteiger partial charge in [-0.2, -0.15) is 22.9 Å². The number of rotatable bonds is 1. The van der Waals surface area contributed by atoms with Crippen LogP contribution in [0.5, 0.6) is 5.75 Å². The van der Waals surface area contributed by atoms with Gasteiger partial charge in [-0.1, -0.05) is 18.2 Å². The molecule has 112 valence electrons. The largest absolute Gasteiger partial charge is 0.512 e. The number of allylic oxidation sites excluding steroid dienone is 1. The highest BCUT2D eigenvalue weighted by molar-refractivity contribution is 6.02. The molecule has 0 bridgehead atoms. The molecule has 1 aromatic rings. The summed E-state index contributed by atoms with van der Waals surface area (Å²) in [7, 11) is 2.60. The van der Waals surface area contributed by atoms with E-state index in [1.54, 1.807) is 31.2 Å². The summed E-state index contributed by atoms with van der Waals surface area (Å²) < 4.78 is 43.7. The van der Waals surface area contributed by atoms with Gasteiger partial charge < -0.3 is 4.74 Å². The molecule has 7 heteroatoms. The van der Waals surface area contributed by atoms with Crippen LogP contribution in [0.1, 0.15) is 5.56 Å². The molecule has 1 amide bonds. The Hall–Kier alpha value is -2.31. The zero-order chi connectivity index (χ0) is 15.8. The summed E-state index contributed by atoms with van der Waals surface area (Å²) in [6, 6.07) is 6.89. The summed E-state index contributed by atoms with van der Waals surface area (Å²) in [6.45, 7) is 1.77. The van der Waals surface area contributed by atoms with Gasteiger partial charge >= 0.3 is 12.3 Å². The van der Waals surface area contributed by atoms with Gasteiger partial charge in [0, 0.05) is 0 Å². The van der Waals surface area contributed by atoms with Gasteiger partial charge in [-0.15, -0.1) is 0 Å². The third-order valence-electron chi connectivity index (χ3n) is 3.17. The second-order valence-corrected chi connectivity index (χ2v) is 4.64. The maximum atomic E-state index is 12.5. The van der Waals surface area contributed by atoms with Crippen LogP contribution in [0.3, 0.4) is 0 Å². The number of carbonyl (C=O) groups is 1. The van der Waals surface area contributed by atoms with E-state index in [0.717, 1.165) is 21.1 Å². The molecule has 1 aromatic carbocycles. The molecule has 0 N–H and O–H groups in total. The van der Waals surface area contributed by atoms with Crippen LogP contribution in [0, 0.1) is 6.92 Å². The Bertz CT molecular complexity index is 648. The van der Waals surface area contributed by atoms with Gasteiger partial charge in [0.1, 0.15) is 5.75 Å². The zero-order valence-electron chi connectivity index (χ0n) is 11.7. The highest BCUT2D eigenvalue weighted by atomic mass is 19.4. The van der Waals surface area contributed by atoms with Gasteiger partial charge in [0.05, 0.1) is 20.2 Å². The van der Waals surface area contributed by atoms with Crippen molar-refractivity contribution in [3.63, 3.8) is 0 Å². The van der Waals surface area contributed by atoms with E-state index in [4.69, 9.17) is 4.74 Å². The van der Waals surface area contributed by atoms with Crippen LogP contribution in [0.15, 0.2) is 36.0 Å². The van der Waals surface area contributed by atoms with Gasteiger partial charge in [-0.25, -0.2) is 4.58 Å². The van der Waals surface area contributed by atoms with E-state index in [2.05, 4.69) is 0 Å². The number of amides is 1. The second kappa shape index (κ2) is 5.23. The van der Waals surface area contributed by atoms with Crippen LogP contribution >= 0.6 is 0 Å². The molecule has 0 spiro atoms. The molecule has 0 saturated carbocycles. The van der Waals surface area contributed by atoms with Crippen molar-refractivity contribution >= 4 is 11.9 Å². The van der Waals surface area contributed by atoms with Crippen molar-refractivity contribution in [3.05, 3.63) is 41.6 Å². The van der Waals surface area contributed by atoms with Gasteiger partial charge in [0.15, 0.2) is 0 Å². The Labute approximate surface area is 119 Å². The fourth-order valence-corrected chi connectivity index (χ4v) is 1.89. The zero-order valence-corrected chi connectivity index (χ0v) is 11.7. The van der Waals surface area contributed by atoms with Crippen LogP contribution in [-0.2, 0) is 0 Å². The molecule has 1 aliphatic heterocycles. The summed E-state index contributed by atoms with van der Waals surface area (Å²) in [5.41, 5.74) is -0.0363. The van der Waals surface area contributed by atoms with Crippen LogP contribution in [0.2, 0.25) is 0 Å². The van der Waals surface area contributed by atoms with Gasteiger partial charge in [0.2, 0.25) is 5.70 Å². The number of hydrogen-bond donors (Lipinski definition) is 0. The normalized spacial score (nSPS) is 14.5. The Balaban J connectivity index is 2.09. The van der Waals surface area contributed by atoms with Gasteiger partial charge in [-0.05, 0) is 18.6 Å². The lowest BCUT2D eigenvalue weighted by atomic mass is 10.2. The predicted molar refractivity (Wildman–Crippen MR) is 70.3 cm³/mol. The van der Waals surface area contributed by atoms with Crippen molar-refractivity contribution in [1.29, 1.82) is 0 Å². The quantitative estimate of drug-likeness (QED) is 0.747. The minimum absolute atomic E-state index is 0.126. The van der Waals surface area contributed by atoms with Gasteiger partial charge in [-0.3, -0.25) is 0 Å². The van der Waals surface area contributed by atoms with E-state index in [1.165, 1.54) is 14.1 Å². The molecular formula is C14H14F3N2O2+. The van der Waals surface area contributed by atoms with Crippen molar-refractivity contribution < 1.29 is 27.3 Å². The lowest BCUT2D eigenvalue weighted by molar-refractivity contribution is -0.491.